The molecule has 0 aliphatic heterocycles. The molecule has 0 bridgehead atoms. The zero-order chi connectivity index (χ0) is 8.97. The van der Waals surface area contributed by atoms with Crippen molar-refractivity contribution in [2.75, 3.05) is 6.61 Å². The van der Waals surface area contributed by atoms with Crippen LogP contribution in [0.4, 0.5) is 0 Å². The number of rotatable bonds is 3. The van der Waals surface area contributed by atoms with E-state index < -0.39 is 12.1 Å². The molecule has 1 aromatic heterocycles. The lowest BCUT2D eigenvalue weighted by Gasteiger charge is -2.15. The Balaban J connectivity index is 2.71. The summed E-state index contributed by atoms with van der Waals surface area (Å²) < 4.78 is 0. The molecule has 12 heavy (non-hydrogen) atoms. The number of aliphatic hydroxyl groups is 2. The van der Waals surface area contributed by atoms with E-state index in [0.717, 1.165) is 0 Å². The van der Waals surface area contributed by atoms with Crippen LogP contribution in [-0.2, 0) is 0 Å². The molecule has 0 spiro atoms. The van der Waals surface area contributed by atoms with Gasteiger partial charge in [0.15, 0.2) is 0 Å². The average Bonchev–Trinajstić information content (AvgIpc) is 2.17. The standard InChI is InChI=1S/C8H12N2O2/c9-7(5-11)8(12)6-2-1-3-10-4-6/h1-4,7-8,11-12H,5,9H2/t7-,8-/m1/s1. The van der Waals surface area contributed by atoms with Gasteiger partial charge in [0.05, 0.1) is 18.8 Å². The molecule has 1 aromatic rings. The molecule has 0 fully saturated rings. The Morgan fingerprint density at radius 3 is 2.83 bits per heavy atom. The summed E-state index contributed by atoms with van der Waals surface area (Å²) in [6.45, 7) is -0.240. The predicted octanol–water partition coefficient (Wildman–Crippen LogP) is -0.565. The molecule has 1 heterocycles. The van der Waals surface area contributed by atoms with Crippen LogP contribution in [0.3, 0.4) is 0 Å². The van der Waals surface area contributed by atoms with Crippen molar-refractivity contribution in [1.82, 2.24) is 4.98 Å². The van der Waals surface area contributed by atoms with Crippen LogP contribution in [0.25, 0.3) is 0 Å². The summed E-state index contributed by atoms with van der Waals surface area (Å²) in [5.74, 6) is 0. The van der Waals surface area contributed by atoms with Crippen molar-refractivity contribution in [2.24, 2.45) is 5.73 Å². The highest BCUT2D eigenvalue weighted by Crippen LogP contribution is 2.12. The monoisotopic (exact) mass is 168 g/mol. The van der Waals surface area contributed by atoms with Gasteiger partial charge in [0.1, 0.15) is 0 Å². The second-order valence-corrected chi connectivity index (χ2v) is 2.58. The van der Waals surface area contributed by atoms with Crippen molar-refractivity contribution in [2.45, 2.75) is 12.1 Å². The van der Waals surface area contributed by atoms with Gasteiger partial charge in [-0.05, 0) is 6.07 Å². The van der Waals surface area contributed by atoms with Gasteiger partial charge in [-0.1, -0.05) is 6.07 Å². The number of hydrogen-bond acceptors (Lipinski definition) is 4. The number of aromatic nitrogens is 1. The van der Waals surface area contributed by atoms with Gasteiger partial charge in [0.25, 0.3) is 0 Å². The summed E-state index contributed by atoms with van der Waals surface area (Å²) in [5.41, 5.74) is 6.04. The highest BCUT2D eigenvalue weighted by molar-refractivity contribution is 5.13. The minimum Gasteiger partial charge on any atom is -0.395 e. The average molecular weight is 168 g/mol. The second-order valence-electron chi connectivity index (χ2n) is 2.58. The molecule has 0 radical (unpaired) electrons. The van der Waals surface area contributed by atoms with Gasteiger partial charge in [-0.2, -0.15) is 0 Å². The van der Waals surface area contributed by atoms with Crippen molar-refractivity contribution < 1.29 is 10.2 Å². The Morgan fingerprint density at radius 1 is 1.58 bits per heavy atom. The summed E-state index contributed by atoms with van der Waals surface area (Å²) in [6.07, 6.45) is 2.30. The van der Waals surface area contributed by atoms with E-state index in [1.807, 2.05) is 0 Å². The van der Waals surface area contributed by atoms with Gasteiger partial charge in [-0.25, -0.2) is 0 Å². The third kappa shape index (κ3) is 2.01. The minimum atomic E-state index is -0.844. The topological polar surface area (TPSA) is 79.4 Å². The van der Waals surface area contributed by atoms with Crippen molar-refractivity contribution >= 4 is 0 Å². The fourth-order valence-electron chi connectivity index (χ4n) is 0.898. The molecule has 0 unspecified atom stereocenters. The van der Waals surface area contributed by atoms with E-state index in [0.29, 0.717) is 5.56 Å². The van der Waals surface area contributed by atoms with Crippen LogP contribution < -0.4 is 5.73 Å². The van der Waals surface area contributed by atoms with Gasteiger partial charge >= 0.3 is 0 Å². The first-order chi connectivity index (χ1) is 5.75. The van der Waals surface area contributed by atoms with Crippen molar-refractivity contribution in [3.05, 3.63) is 30.1 Å². The zero-order valence-corrected chi connectivity index (χ0v) is 6.59. The number of aliphatic hydroxyl groups excluding tert-OH is 2. The smallest absolute Gasteiger partial charge is 0.0978 e. The molecule has 0 aliphatic rings. The van der Waals surface area contributed by atoms with Gasteiger partial charge in [-0.15, -0.1) is 0 Å². The van der Waals surface area contributed by atoms with Crippen LogP contribution in [0.2, 0.25) is 0 Å². The van der Waals surface area contributed by atoms with Gasteiger partial charge in [0, 0.05) is 18.0 Å². The molecular formula is C8H12N2O2. The maximum Gasteiger partial charge on any atom is 0.0978 e. The van der Waals surface area contributed by atoms with Crippen LogP contribution in [-0.4, -0.2) is 27.8 Å². The van der Waals surface area contributed by atoms with Crippen molar-refractivity contribution in [1.29, 1.82) is 0 Å². The summed E-state index contributed by atoms with van der Waals surface area (Å²) in [6, 6.07) is 2.78. The van der Waals surface area contributed by atoms with E-state index >= 15 is 0 Å². The molecule has 0 aliphatic carbocycles. The molecule has 4 heteroatoms. The Hall–Kier alpha value is -0.970. The Bertz CT molecular complexity index is 228. The number of pyridine rings is 1. The molecule has 0 saturated heterocycles. The van der Waals surface area contributed by atoms with E-state index in [9.17, 15) is 5.11 Å². The Kier molecular flexibility index (Phi) is 3.16. The van der Waals surface area contributed by atoms with Crippen LogP contribution in [0, 0.1) is 0 Å². The maximum atomic E-state index is 9.46. The normalized spacial score (nSPS) is 15.6. The summed E-state index contributed by atoms with van der Waals surface area (Å²) >= 11 is 0. The van der Waals surface area contributed by atoms with E-state index in [-0.39, 0.29) is 6.61 Å². The first kappa shape index (κ1) is 9.12. The highest BCUT2D eigenvalue weighted by Gasteiger charge is 2.15. The zero-order valence-electron chi connectivity index (χ0n) is 6.59. The lowest BCUT2D eigenvalue weighted by atomic mass is 10.1. The highest BCUT2D eigenvalue weighted by atomic mass is 16.3. The van der Waals surface area contributed by atoms with E-state index in [4.69, 9.17) is 10.8 Å². The van der Waals surface area contributed by atoms with Gasteiger partial charge < -0.3 is 15.9 Å². The molecule has 2 atom stereocenters. The lowest BCUT2D eigenvalue weighted by Crippen LogP contribution is -2.31. The van der Waals surface area contributed by atoms with Crippen molar-refractivity contribution in [3.63, 3.8) is 0 Å². The first-order valence-corrected chi connectivity index (χ1v) is 3.70. The van der Waals surface area contributed by atoms with E-state index in [2.05, 4.69) is 4.98 Å². The number of hydrogen-bond donors (Lipinski definition) is 3. The van der Waals surface area contributed by atoms with Crippen LogP contribution in [0.15, 0.2) is 24.5 Å². The molecule has 0 amide bonds. The quantitative estimate of drug-likeness (QED) is 0.565. The molecule has 0 saturated carbocycles. The van der Waals surface area contributed by atoms with Gasteiger partial charge in [-0.3, -0.25) is 4.98 Å². The molecular weight excluding hydrogens is 156 g/mol. The summed E-state index contributed by atoms with van der Waals surface area (Å²) in [4.78, 5) is 3.83. The fraction of sp³-hybridized carbons (Fsp3) is 0.375. The fourth-order valence-corrected chi connectivity index (χ4v) is 0.898. The van der Waals surface area contributed by atoms with E-state index in [1.165, 1.54) is 6.20 Å². The van der Waals surface area contributed by atoms with Crippen LogP contribution >= 0.6 is 0 Å². The summed E-state index contributed by atoms with van der Waals surface area (Å²) in [5, 5.41) is 18.1. The summed E-state index contributed by atoms with van der Waals surface area (Å²) in [7, 11) is 0. The maximum absolute atomic E-state index is 9.46. The Morgan fingerprint density at radius 2 is 2.33 bits per heavy atom. The SMILES string of the molecule is N[C@H](CO)[C@H](O)c1cccnc1. The largest absolute Gasteiger partial charge is 0.395 e. The molecule has 4 N–H and O–H groups in total. The minimum absolute atomic E-state index is 0.240. The van der Waals surface area contributed by atoms with E-state index in [1.54, 1.807) is 18.3 Å². The number of nitrogens with zero attached hydrogens (tertiary/aromatic N) is 1. The number of nitrogens with two attached hydrogens (primary N) is 1. The third-order valence-electron chi connectivity index (χ3n) is 1.64. The van der Waals surface area contributed by atoms with Crippen molar-refractivity contribution in [3.8, 4) is 0 Å². The first-order valence-electron chi connectivity index (χ1n) is 3.70. The second kappa shape index (κ2) is 4.15. The van der Waals surface area contributed by atoms with Crippen LogP contribution in [0.5, 0.6) is 0 Å². The molecule has 1 rings (SSSR count). The van der Waals surface area contributed by atoms with Crippen LogP contribution in [0.1, 0.15) is 11.7 Å². The molecule has 0 aromatic carbocycles. The molecule has 4 nitrogen and oxygen atoms in total. The molecule has 66 valence electrons. The predicted molar refractivity (Wildman–Crippen MR) is 44.3 cm³/mol. The van der Waals surface area contributed by atoms with Gasteiger partial charge in [0.2, 0.25) is 0 Å². The third-order valence-corrected chi connectivity index (χ3v) is 1.64. The lowest BCUT2D eigenvalue weighted by molar-refractivity contribution is 0.109. The Labute approximate surface area is 70.7 Å².